The third kappa shape index (κ3) is 2.42. The molecule has 7 heteroatoms. The van der Waals surface area contributed by atoms with Crippen molar-refractivity contribution in [3.63, 3.8) is 0 Å². The number of hydrogen-bond acceptors (Lipinski definition) is 5. The van der Waals surface area contributed by atoms with Crippen LogP contribution in [0.1, 0.15) is 11.1 Å². The molecular formula is C13H12ClN3O3. The van der Waals surface area contributed by atoms with Gasteiger partial charge in [0, 0.05) is 5.56 Å². The lowest BCUT2D eigenvalue weighted by molar-refractivity contribution is -0.384. The highest BCUT2D eigenvalue weighted by molar-refractivity contribution is 6.31. The Balaban J connectivity index is 2.72. The summed E-state index contributed by atoms with van der Waals surface area (Å²) in [5, 5.41) is 11.0. The Hall–Kier alpha value is -2.21. The van der Waals surface area contributed by atoms with Gasteiger partial charge in [-0.25, -0.2) is 9.97 Å². The Labute approximate surface area is 120 Å². The number of benzene rings is 1. The fourth-order valence-electron chi connectivity index (χ4n) is 1.98. The minimum Gasteiger partial charge on any atom is -0.496 e. The molecule has 1 heterocycles. The Morgan fingerprint density at radius 1 is 1.25 bits per heavy atom. The van der Waals surface area contributed by atoms with Crippen molar-refractivity contribution in [2.75, 3.05) is 7.11 Å². The molecule has 0 aliphatic heterocycles. The molecule has 20 heavy (non-hydrogen) atoms. The maximum Gasteiger partial charge on any atom is 0.332 e. The molecule has 1 aromatic heterocycles. The van der Waals surface area contributed by atoms with Gasteiger partial charge in [0.1, 0.15) is 12.1 Å². The van der Waals surface area contributed by atoms with Crippen molar-refractivity contribution >= 4 is 17.3 Å². The van der Waals surface area contributed by atoms with Gasteiger partial charge >= 0.3 is 5.69 Å². The van der Waals surface area contributed by atoms with E-state index in [1.165, 1.54) is 6.33 Å². The number of rotatable bonds is 3. The van der Waals surface area contributed by atoms with Crippen molar-refractivity contribution in [1.29, 1.82) is 0 Å². The first-order chi connectivity index (χ1) is 9.45. The van der Waals surface area contributed by atoms with Crippen LogP contribution in [0.3, 0.4) is 0 Å². The zero-order chi connectivity index (χ0) is 14.9. The number of aryl methyl sites for hydroxylation is 2. The molecule has 0 unspecified atom stereocenters. The van der Waals surface area contributed by atoms with E-state index in [1.807, 2.05) is 19.9 Å². The van der Waals surface area contributed by atoms with Crippen molar-refractivity contribution in [1.82, 2.24) is 9.97 Å². The molecule has 0 atom stereocenters. The van der Waals surface area contributed by atoms with Gasteiger partial charge in [-0.15, -0.1) is 0 Å². The maximum absolute atomic E-state index is 11.2. The van der Waals surface area contributed by atoms with Crippen LogP contribution in [0.25, 0.3) is 11.3 Å². The Bertz CT molecular complexity index is 689. The summed E-state index contributed by atoms with van der Waals surface area (Å²) < 4.78 is 5.23. The van der Waals surface area contributed by atoms with Gasteiger partial charge in [0.25, 0.3) is 0 Å². The molecule has 2 aromatic rings. The van der Waals surface area contributed by atoms with E-state index in [-0.39, 0.29) is 16.5 Å². The molecule has 6 nitrogen and oxygen atoms in total. The van der Waals surface area contributed by atoms with Crippen LogP contribution in [0.5, 0.6) is 5.75 Å². The fourth-order valence-corrected chi connectivity index (χ4v) is 2.18. The smallest absolute Gasteiger partial charge is 0.332 e. The van der Waals surface area contributed by atoms with Crippen molar-refractivity contribution in [2.45, 2.75) is 13.8 Å². The van der Waals surface area contributed by atoms with Crippen molar-refractivity contribution < 1.29 is 9.66 Å². The standard InChI is InChI=1S/C13H12ClN3O3/c1-7-5-10(20-3)8(2)4-9(7)11-12(17(18)19)13(14)16-6-15-11/h4-6H,1-3H3. The van der Waals surface area contributed by atoms with Gasteiger partial charge < -0.3 is 4.74 Å². The van der Waals surface area contributed by atoms with Crippen LogP contribution >= 0.6 is 11.6 Å². The van der Waals surface area contributed by atoms with Crippen LogP contribution in [-0.2, 0) is 0 Å². The number of methoxy groups -OCH3 is 1. The van der Waals surface area contributed by atoms with E-state index in [4.69, 9.17) is 16.3 Å². The lowest BCUT2D eigenvalue weighted by Crippen LogP contribution is -2.00. The van der Waals surface area contributed by atoms with Gasteiger partial charge in [-0.2, -0.15) is 0 Å². The largest absolute Gasteiger partial charge is 0.496 e. The lowest BCUT2D eigenvalue weighted by Gasteiger charge is -2.11. The molecular weight excluding hydrogens is 282 g/mol. The number of nitro groups is 1. The minimum atomic E-state index is -0.573. The van der Waals surface area contributed by atoms with E-state index < -0.39 is 4.92 Å². The first-order valence-electron chi connectivity index (χ1n) is 5.76. The lowest BCUT2D eigenvalue weighted by atomic mass is 10.0. The van der Waals surface area contributed by atoms with Crippen LogP contribution in [-0.4, -0.2) is 22.0 Å². The summed E-state index contributed by atoms with van der Waals surface area (Å²) in [6.45, 7) is 3.69. The molecule has 2 rings (SSSR count). The molecule has 0 saturated heterocycles. The second-order valence-electron chi connectivity index (χ2n) is 4.26. The van der Waals surface area contributed by atoms with Crippen molar-refractivity contribution in [3.05, 3.63) is 44.9 Å². The monoisotopic (exact) mass is 293 g/mol. The van der Waals surface area contributed by atoms with Crippen molar-refractivity contribution in [3.8, 4) is 17.0 Å². The highest BCUT2D eigenvalue weighted by Crippen LogP contribution is 2.36. The first kappa shape index (κ1) is 14.2. The normalized spacial score (nSPS) is 10.4. The molecule has 0 aliphatic rings. The molecule has 1 aromatic carbocycles. The van der Waals surface area contributed by atoms with Gasteiger partial charge in [-0.05, 0) is 37.1 Å². The van der Waals surface area contributed by atoms with Gasteiger partial charge in [-0.1, -0.05) is 11.6 Å². The number of halogens is 1. The zero-order valence-corrected chi connectivity index (χ0v) is 11.9. The molecule has 0 spiro atoms. The van der Waals surface area contributed by atoms with Crippen LogP contribution in [0.4, 0.5) is 5.69 Å². The number of ether oxygens (including phenoxy) is 1. The summed E-state index contributed by atoms with van der Waals surface area (Å²) in [4.78, 5) is 18.2. The number of nitrogens with zero attached hydrogens (tertiary/aromatic N) is 3. The number of aromatic nitrogens is 2. The second-order valence-corrected chi connectivity index (χ2v) is 4.61. The Kier molecular flexibility index (Phi) is 3.85. The Morgan fingerprint density at radius 2 is 1.95 bits per heavy atom. The van der Waals surface area contributed by atoms with Crippen molar-refractivity contribution in [2.24, 2.45) is 0 Å². The molecule has 0 aliphatic carbocycles. The summed E-state index contributed by atoms with van der Waals surface area (Å²) in [6, 6.07) is 3.60. The quantitative estimate of drug-likeness (QED) is 0.493. The summed E-state index contributed by atoms with van der Waals surface area (Å²) in [5.74, 6) is 0.717. The van der Waals surface area contributed by atoms with E-state index in [0.717, 1.165) is 11.1 Å². The fraction of sp³-hybridized carbons (Fsp3) is 0.231. The number of hydrogen-bond donors (Lipinski definition) is 0. The molecule has 0 amide bonds. The third-order valence-corrected chi connectivity index (χ3v) is 3.23. The topological polar surface area (TPSA) is 78.2 Å². The molecule has 0 N–H and O–H groups in total. The molecule has 0 bridgehead atoms. The Morgan fingerprint density at radius 3 is 2.55 bits per heavy atom. The minimum absolute atomic E-state index is 0.173. The summed E-state index contributed by atoms with van der Waals surface area (Å²) in [7, 11) is 1.57. The average Bonchev–Trinajstić information content (AvgIpc) is 2.40. The predicted molar refractivity (Wildman–Crippen MR) is 75.2 cm³/mol. The average molecular weight is 294 g/mol. The van der Waals surface area contributed by atoms with E-state index >= 15 is 0 Å². The van der Waals surface area contributed by atoms with Gasteiger partial charge in [0.05, 0.1) is 12.0 Å². The second kappa shape index (κ2) is 5.42. The van der Waals surface area contributed by atoms with Crippen LogP contribution in [0, 0.1) is 24.0 Å². The van der Waals surface area contributed by atoms with Crippen LogP contribution in [0.2, 0.25) is 5.15 Å². The van der Waals surface area contributed by atoms with Gasteiger partial charge in [0.2, 0.25) is 5.15 Å². The highest BCUT2D eigenvalue weighted by Gasteiger charge is 2.24. The van der Waals surface area contributed by atoms with E-state index in [2.05, 4.69) is 9.97 Å². The maximum atomic E-state index is 11.2. The van der Waals surface area contributed by atoms with E-state index in [9.17, 15) is 10.1 Å². The molecule has 0 fully saturated rings. The van der Waals surface area contributed by atoms with E-state index in [1.54, 1.807) is 13.2 Å². The van der Waals surface area contributed by atoms with Crippen LogP contribution < -0.4 is 4.74 Å². The van der Waals surface area contributed by atoms with Gasteiger partial charge in [-0.3, -0.25) is 10.1 Å². The summed E-state index contributed by atoms with van der Waals surface area (Å²) in [6.07, 6.45) is 1.21. The zero-order valence-electron chi connectivity index (χ0n) is 11.2. The SMILES string of the molecule is COc1cc(C)c(-c2ncnc(Cl)c2[N+](=O)[O-])cc1C. The van der Waals surface area contributed by atoms with Crippen LogP contribution in [0.15, 0.2) is 18.5 Å². The molecule has 0 radical (unpaired) electrons. The summed E-state index contributed by atoms with van der Waals surface area (Å²) >= 11 is 5.81. The third-order valence-electron chi connectivity index (χ3n) is 2.96. The van der Waals surface area contributed by atoms with Gasteiger partial charge in [0.15, 0.2) is 5.69 Å². The first-order valence-corrected chi connectivity index (χ1v) is 6.14. The predicted octanol–water partition coefficient (Wildman–Crippen LogP) is 3.33. The summed E-state index contributed by atoms with van der Waals surface area (Å²) in [5.41, 5.74) is 2.22. The molecule has 104 valence electrons. The molecule has 0 saturated carbocycles. The van der Waals surface area contributed by atoms with E-state index in [0.29, 0.717) is 11.3 Å². The highest BCUT2D eigenvalue weighted by atomic mass is 35.5.